The summed E-state index contributed by atoms with van der Waals surface area (Å²) in [6.07, 6.45) is 6.63. The molecule has 15 heteroatoms. The first-order chi connectivity index (χ1) is 30.9. The van der Waals surface area contributed by atoms with Crippen LogP contribution in [0.1, 0.15) is 67.4 Å². The predicted molar refractivity (Wildman–Crippen MR) is 245 cm³/mol. The Kier molecular flexibility index (Phi) is 14.7. The van der Waals surface area contributed by atoms with Crippen LogP contribution in [0.2, 0.25) is 0 Å². The number of phenols is 1. The van der Waals surface area contributed by atoms with Crippen molar-refractivity contribution in [3.63, 3.8) is 0 Å². The Morgan fingerprint density at radius 3 is 2.22 bits per heavy atom. The molecule has 0 spiro atoms. The van der Waals surface area contributed by atoms with E-state index in [2.05, 4.69) is 36.5 Å². The number of aromatic hydroxyl groups is 1. The molecule has 0 saturated carbocycles. The van der Waals surface area contributed by atoms with E-state index in [1.807, 2.05) is 48.5 Å². The molecule has 0 bridgehead atoms. The molecular formula is C49H56N8O7. The smallest absolute Gasteiger partial charge is 0.257 e. The lowest BCUT2D eigenvalue weighted by Crippen LogP contribution is -2.56. The molecule has 4 aromatic carbocycles. The maximum Gasteiger partial charge on any atom is 0.257 e. The molecule has 7 N–H and O–H groups in total. The van der Waals surface area contributed by atoms with Crippen LogP contribution >= 0.6 is 0 Å². The highest BCUT2D eigenvalue weighted by molar-refractivity contribution is 6.18. The Morgan fingerprint density at radius 2 is 1.45 bits per heavy atom. The lowest BCUT2D eigenvalue weighted by atomic mass is 9.91. The molecule has 64 heavy (non-hydrogen) atoms. The van der Waals surface area contributed by atoms with Crippen molar-refractivity contribution < 1.29 is 33.9 Å². The number of anilines is 3. The summed E-state index contributed by atoms with van der Waals surface area (Å²) in [5, 5.41) is 24.9. The minimum Gasteiger partial charge on any atom is -0.508 e. The molecule has 0 radical (unpaired) electrons. The Hall–Kier alpha value is -7.00. The Labute approximate surface area is 372 Å². The molecule has 1 saturated heterocycles. The largest absolute Gasteiger partial charge is 0.508 e. The van der Waals surface area contributed by atoms with Crippen molar-refractivity contribution in [2.75, 3.05) is 36.4 Å². The van der Waals surface area contributed by atoms with Gasteiger partial charge in [-0.15, -0.1) is 0 Å². The lowest BCUT2D eigenvalue weighted by Gasteiger charge is -2.33. The van der Waals surface area contributed by atoms with E-state index in [-0.39, 0.29) is 42.9 Å². The van der Waals surface area contributed by atoms with Gasteiger partial charge in [0, 0.05) is 43.4 Å². The number of likely N-dealkylation sites (tertiary alicyclic amines) is 1. The van der Waals surface area contributed by atoms with Crippen LogP contribution in [0.15, 0.2) is 103 Å². The van der Waals surface area contributed by atoms with E-state index < -0.39 is 35.8 Å². The number of hydrogen-bond donors (Lipinski definition) is 7. The first-order valence-electron chi connectivity index (χ1n) is 22.0. The average Bonchev–Trinajstić information content (AvgIpc) is 3.64. The fourth-order valence-electron chi connectivity index (χ4n) is 8.54. The summed E-state index contributed by atoms with van der Waals surface area (Å²) in [6.45, 7) is 5.04. The van der Waals surface area contributed by atoms with Gasteiger partial charge in [-0.3, -0.25) is 38.6 Å². The van der Waals surface area contributed by atoms with Crippen molar-refractivity contribution in [1.29, 1.82) is 0 Å². The number of piperidine rings is 1. The molecule has 15 nitrogen and oxygen atoms in total. The summed E-state index contributed by atoms with van der Waals surface area (Å²) >= 11 is 0. The number of nitrogens with zero attached hydrogens (tertiary/aromatic N) is 2. The molecule has 2 aliphatic rings. The van der Waals surface area contributed by atoms with Gasteiger partial charge in [0.15, 0.2) is 0 Å². The zero-order valence-electron chi connectivity index (χ0n) is 36.2. The summed E-state index contributed by atoms with van der Waals surface area (Å²) in [5.41, 5.74) is 4.70. The minimum atomic E-state index is -1.03. The number of aromatic nitrogens is 1. The van der Waals surface area contributed by atoms with Gasteiger partial charge in [-0.05, 0) is 98.8 Å². The van der Waals surface area contributed by atoms with Crippen molar-refractivity contribution in [1.82, 2.24) is 31.2 Å². The second-order valence-corrected chi connectivity index (χ2v) is 16.7. The second-order valence-electron chi connectivity index (χ2n) is 16.7. The minimum absolute atomic E-state index is 0.0762. The van der Waals surface area contributed by atoms with Crippen molar-refractivity contribution in [3.8, 4) is 5.75 Å². The maximum atomic E-state index is 13.9. The first-order valence-corrected chi connectivity index (χ1v) is 22.0. The fourth-order valence-corrected chi connectivity index (χ4v) is 8.54. The Morgan fingerprint density at radius 1 is 0.766 bits per heavy atom. The second kappa shape index (κ2) is 20.9. The molecule has 3 atom stereocenters. The van der Waals surface area contributed by atoms with Gasteiger partial charge < -0.3 is 36.7 Å². The highest BCUT2D eigenvalue weighted by atomic mass is 16.3. The van der Waals surface area contributed by atoms with Gasteiger partial charge in [-0.1, -0.05) is 67.4 Å². The summed E-state index contributed by atoms with van der Waals surface area (Å²) in [4.78, 5) is 86.6. The van der Waals surface area contributed by atoms with Gasteiger partial charge in [0.2, 0.25) is 29.5 Å². The van der Waals surface area contributed by atoms with E-state index in [1.165, 1.54) is 26.0 Å². The van der Waals surface area contributed by atoms with E-state index >= 15 is 0 Å². The van der Waals surface area contributed by atoms with Crippen LogP contribution < -0.4 is 31.5 Å². The van der Waals surface area contributed by atoms with Crippen LogP contribution in [0.25, 0.3) is 10.9 Å². The predicted octanol–water partition coefficient (Wildman–Crippen LogP) is 5.08. The number of hydrogen-bond acceptors (Lipinski definition) is 8. The fraction of sp³-hybridized carbons (Fsp3) is 0.347. The van der Waals surface area contributed by atoms with E-state index in [9.17, 15) is 33.9 Å². The van der Waals surface area contributed by atoms with Crippen LogP contribution in [0, 0.1) is 5.92 Å². The van der Waals surface area contributed by atoms with Crippen LogP contribution in [-0.4, -0.2) is 94.7 Å². The number of fused-ring (bicyclic) bond motifs is 3. The van der Waals surface area contributed by atoms with Crippen LogP contribution in [0.5, 0.6) is 5.75 Å². The van der Waals surface area contributed by atoms with Gasteiger partial charge in [-0.2, -0.15) is 0 Å². The molecular weight excluding hydrogens is 813 g/mol. The van der Waals surface area contributed by atoms with Gasteiger partial charge in [0.1, 0.15) is 23.9 Å². The van der Waals surface area contributed by atoms with Crippen molar-refractivity contribution in [2.24, 2.45) is 5.92 Å². The maximum absolute atomic E-state index is 13.9. The average molecular weight is 869 g/mol. The number of carbonyl (C=O) groups is 6. The molecule has 2 aliphatic heterocycles. The van der Waals surface area contributed by atoms with Gasteiger partial charge in [0.25, 0.3) is 5.91 Å². The summed E-state index contributed by atoms with van der Waals surface area (Å²) < 4.78 is 0. The molecule has 1 fully saturated rings. The quantitative estimate of drug-likeness (QED) is 0.0627. The number of unbranched alkanes of at least 4 members (excludes halogenated alkanes) is 1. The van der Waals surface area contributed by atoms with Crippen LogP contribution in [0.4, 0.5) is 17.1 Å². The van der Waals surface area contributed by atoms with Gasteiger partial charge in [0.05, 0.1) is 29.2 Å². The number of phenolic OH excluding ortho intramolecular Hbond substituents is 1. The number of benzene rings is 4. The number of nitrogens with one attached hydrogen (secondary N) is 6. The molecule has 334 valence electrons. The third-order valence-corrected chi connectivity index (χ3v) is 12.0. The number of para-hydroxylation sites is 4. The first kappa shape index (κ1) is 45.0. The summed E-state index contributed by atoms with van der Waals surface area (Å²) in [5.74, 6) is -1.66. The summed E-state index contributed by atoms with van der Waals surface area (Å²) in [6, 6.07) is 25.6. The normalized spacial score (nSPS) is 15.4. The van der Waals surface area contributed by atoms with E-state index in [4.69, 9.17) is 0 Å². The van der Waals surface area contributed by atoms with Crippen LogP contribution in [-0.2, 0) is 36.8 Å². The number of aromatic amines is 1. The highest BCUT2D eigenvalue weighted by Gasteiger charge is 2.32. The van der Waals surface area contributed by atoms with Crippen molar-refractivity contribution in [2.45, 2.75) is 76.9 Å². The number of amides is 6. The molecule has 6 amide bonds. The van der Waals surface area contributed by atoms with Gasteiger partial charge >= 0.3 is 0 Å². The third kappa shape index (κ3) is 11.3. The van der Waals surface area contributed by atoms with Crippen molar-refractivity contribution in [3.05, 3.63) is 120 Å². The van der Waals surface area contributed by atoms with E-state index in [0.717, 1.165) is 67.2 Å². The Balaban J connectivity index is 0.877. The molecule has 5 aromatic rings. The molecule has 7 rings (SSSR count). The highest BCUT2D eigenvalue weighted by Crippen LogP contribution is 2.38. The molecule has 3 heterocycles. The summed E-state index contributed by atoms with van der Waals surface area (Å²) in [7, 11) is 0. The SMILES string of the molecule is CC(=O)N[C@@H](Cc1c[nH]c2ccccc12)C(=O)N[C@@H](C)C(=O)N[C@@H](Cc1ccc(O)cc1)C(=O)NCCCCC1CCN(CC(=O)N2c3ccccc3NC(=O)c3ccccc32)CC1. The number of rotatable bonds is 17. The number of H-pyrrole nitrogens is 1. The zero-order valence-corrected chi connectivity index (χ0v) is 36.2. The topological polar surface area (TPSA) is 205 Å². The number of carbonyl (C=O) groups excluding carboxylic acids is 6. The van der Waals surface area contributed by atoms with E-state index in [1.54, 1.807) is 47.5 Å². The lowest BCUT2D eigenvalue weighted by molar-refractivity contribution is -0.133. The van der Waals surface area contributed by atoms with E-state index in [0.29, 0.717) is 35.1 Å². The Bertz CT molecular complexity index is 2480. The van der Waals surface area contributed by atoms with Crippen molar-refractivity contribution >= 4 is 63.4 Å². The van der Waals surface area contributed by atoms with Gasteiger partial charge in [-0.25, -0.2) is 0 Å². The molecule has 1 aromatic heterocycles. The third-order valence-electron chi connectivity index (χ3n) is 12.0. The molecule has 0 unspecified atom stereocenters. The van der Waals surface area contributed by atoms with Crippen LogP contribution in [0.3, 0.4) is 0 Å². The molecule has 0 aliphatic carbocycles. The zero-order chi connectivity index (χ0) is 45.2. The standard InChI is InChI=1S/C49H56N8O7/c1-31(52-49(64)42(53-32(2)58)28-35-29-51-39-14-5-3-12-37(35)39)46(61)55-41(27-34-18-20-36(59)21-19-34)48(63)50-24-10-9-11-33-22-25-56(26-23-33)30-45(60)57-43-16-7-4-13-38(43)47(62)54-40-15-6-8-17-44(40)57/h3-8,12-21,29,31,33,41-42,51,59H,9-11,22-28,30H2,1-2H3,(H,50,63)(H,52,64)(H,53,58)(H,54,62)(H,55,61)/t31-,41-,42-/m0/s1. The monoisotopic (exact) mass is 868 g/mol.